The Labute approximate surface area is 233 Å². The number of anilines is 1. The van der Waals surface area contributed by atoms with Crippen LogP contribution in [0.1, 0.15) is 31.2 Å². The van der Waals surface area contributed by atoms with Crippen molar-refractivity contribution in [1.29, 1.82) is 0 Å². The van der Waals surface area contributed by atoms with Gasteiger partial charge in [0.2, 0.25) is 0 Å². The van der Waals surface area contributed by atoms with Gasteiger partial charge in [-0.3, -0.25) is 9.59 Å². The fourth-order valence-electron chi connectivity index (χ4n) is 3.49. The maximum atomic E-state index is 13.9. The molecule has 1 amide bonds. The third kappa shape index (κ3) is 6.26. The van der Waals surface area contributed by atoms with Gasteiger partial charge < -0.3 is 10.1 Å². The van der Waals surface area contributed by atoms with Gasteiger partial charge in [0.15, 0.2) is 6.61 Å². The van der Waals surface area contributed by atoms with Crippen LogP contribution in [0, 0.1) is 5.82 Å². The average molecular weight is 651 g/mol. The highest BCUT2D eigenvalue weighted by Gasteiger charge is 2.16. The average Bonchev–Trinajstić information content (AvgIpc) is 2.84. The summed E-state index contributed by atoms with van der Waals surface area (Å²) in [6.45, 7) is 3.42. The summed E-state index contributed by atoms with van der Waals surface area (Å²) >= 11 is 13.0. The molecule has 1 heterocycles. The predicted octanol–water partition coefficient (Wildman–Crippen LogP) is 6.74. The molecule has 0 aliphatic rings. The van der Waals surface area contributed by atoms with Crippen LogP contribution in [0.15, 0.2) is 73.4 Å². The predicted molar refractivity (Wildman–Crippen MR) is 150 cm³/mol. The van der Waals surface area contributed by atoms with Gasteiger partial charge in [0.25, 0.3) is 11.5 Å². The van der Waals surface area contributed by atoms with Crippen molar-refractivity contribution in [2.45, 2.75) is 19.8 Å². The Hall–Kier alpha value is -3.08. The monoisotopic (exact) mass is 648 g/mol. The number of hydrogen-bond donors (Lipinski definition) is 1. The van der Waals surface area contributed by atoms with Crippen molar-refractivity contribution < 1.29 is 13.9 Å². The molecule has 11 heteroatoms. The molecular weight excluding hydrogens is 631 g/mol. The molecule has 4 aromatic rings. The first-order valence-corrected chi connectivity index (χ1v) is 13.0. The minimum absolute atomic E-state index is 0.0455. The number of halogens is 4. The van der Waals surface area contributed by atoms with Gasteiger partial charge in [-0.2, -0.15) is 9.78 Å². The number of nitrogens with one attached hydrogen (secondary N) is 1. The number of amides is 1. The summed E-state index contributed by atoms with van der Waals surface area (Å²) in [5.41, 5.74) is 0.691. The van der Waals surface area contributed by atoms with Crippen molar-refractivity contribution in [3.8, 4) is 5.75 Å². The largest absolute Gasteiger partial charge is 0.482 e. The van der Waals surface area contributed by atoms with Crippen LogP contribution >= 0.6 is 43.5 Å². The standard InChI is InChI=1S/C26H20Br2ClFN4O3/c1-14(2)25-33-21-8-7-16(27)10-18(21)26(36)34(25)31-12-15-9-17(29)11-19(28)24(15)37-13-23(35)32-22-6-4-3-5-20(22)30/h3-12,14H,13H2,1-2H3,(H,32,35). The number of carbonyl (C=O) groups excluding carboxylic acids is 1. The lowest BCUT2D eigenvalue weighted by molar-refractivity contribution is -0.118. The van der Waals surface area contributed by atoms with E-state index >= 15 is 0 Å². The Morgan fingerprint density at radius 1 is 1.22 bits per heavy atom. The number of ether oxygens (including phenoxy) is 1. The molecule has 0 unspecified atom stereocenters. The van der Waals surface area contributed by atoms with Crippen molar-refractivity contribution in [3.05, 3.63) is 96.1 Å². The normalized spacial score (nSPS) is 11.4. The van der Waals surface area contributed by atoms with E-state index in [0.717, 1.165) is 4.47 Å². The molecule has 0 spiro atoms. The topological polar surface area (TPSA) is 85.6 Å². The van der Waals surface area contributed by atoms with Gasteiger partial charge in [-0.15, -0.1) is 0 Å². The molecule has 0 saturated carbocycles. The maximum absolute atomic E-state index is 13.9. The Bertz CT molecular complexity index is 1590. The van der Waals surface area contributed by atoms with E-state index < -0.39 is 18.3 Å². The van der Waals surface area contributed by atoms with E-state index in [1.807, 2.05) is 19.9 Å². The molecule has 1 N–H and O–H groups in total. The maximum Gasteiger partial charge on any atom is 0.282 e. The second-order valence-corrected chi connectivity index (χ2v) is 10.5. The minimum Gasteiger partial charge on any atom is -0.482 e. The highest BCUT2D eigenvalue weighted by atomic mass is 79.9. The van der Waals surface area contributed by atoms with Gasteiger partial charge in [0.1, 0.15) is 17.4 Å². The molecule has 190 valence electrons. The quantitative estimate of drug-likeness (QED) is 0.225. The first-order chi connectivity index (χ1) is 17.6. The second kappa shape index (κ2) is 11.5. The minimum atomic E-state index is -0.558. The molecule has 7 nitrogen and oxygen atoms in total. The van der Waals surface area contributed by atoms with Crippen LogP contribution < -0.4 is 15.6 Å². The van der Waals surface area contributed by atoms with Crippen LogP contribution in [0.2, 0.25) is 5.02 Å². The molecule has 0 aliphatic carbocycles. The molecule has 0 bridgehead atoms. The van der Waals surface area contributed by atoms with Crippen LogP contribution in [-0.4, -0.2) is 28.4 Å². The van der Waals surface area contributed by atoms with Gasteiger partial charge in [-0.05, 0) is 58.4 Å². The molecule has 3 aromatic carbocycles. The fourth-order valence-corrected chi connectivity index (χ4v) is 4.80. The molecule has 4 rings (SSSR count). The molecule has 1 aromatic heterocycles. The van der Waals surface area contributed by atoms with Gasteiger partial charge >= 0.3 is 0 Å². The first-order valence-electron chi connectivity index (χ1n) is 11.1. The lowest BCUT2D eigenvalue weighted by atomic mass is 10.2. The number of hydrogen-bond acceptors (Lipinski definition) is 5. The zero-order valence-electron chi connectivity index (χ0n) is 19.6. The number of nitrogens with zero attached hydrogens (tertiary/aromatic N) is 3. The van der Waals surface area contributed by atoms with E-state index in [1.165, 1.54) is 29.1 Å². The second-order valence-electron chi connectivity index (χ2n) is 8.27. The molecule has 0 fully saturated rings. The van der Waals surface area contributed by atoms with E-state index in [-0.39, 0.29) is 22.9 Å². The lowest BCUT2D eigenvalue weighted by Gasteiger charge is -2.14. The number of fused-ring (bicyclic) bond motifs is 1. The molecular formula is C26H20Br2ClFN4O3. The molecule has 0 radical (unpaired) electrons. The summed E-state index contributed by atoms with van der Waals surface area (Å²) in [6, 6.07) is 14.3. The van der Waals surface area contributed by atoms with E-state index in [9.17, 15) is 14.0 Å². The highest BCUT2D eigenvalue weighted by molar-refractivity contribution is 9.10. The molecule has 0 aliphatic heterocycles. The highest BCUT2D eigenvalue weighted by Crippen LogP contribution is 2.32. The van der Waals surface area contributed by atoms with Crippen molar-refractivity contribution >= 4 is 72.2 Å². The summed E-state index contributed by atoms with van der Waals surface area (Å²) in [5.74, 6) is -0.464. The summed E-state index contributed by atoms with van der Waals surface area (Å²) in [5, 5.41) is 7.67. The Balaban J connectivity index is 1.67. The summed E-state index contributed by atoms with van der Waals surface area (Å²) in [6.07, 6.45) is 1.42. The third-order valence-corrected chi connectivity index (χ3v) is 6.50. The fraction of sp³-hybridized carbons (Fsp3) is 0.154. The Kier molecular flexibility index (Phi) is 8.41. The number of para-hydroxylation sites is 1. The van der Waals surface area contributed by atoms with Crippen molar-refractivity contribution in [2.75, 3.05) is 11.9 Å². The van der Waals surface area contributed by atoms with E-state index in [4.69, 9.17) is 16.3 Å². The van der Waals surface area contributed by atoms with Crippen LogP contribution in [0.25, 0.3) is 10.9 Å². The van der Waals surface area contributed by atoms with Gasteiger partial charge in [-0.1, -0.05) is 53.5 Å². The van der Waals surface area contributed by atoms with Crippen molar-refractivity contribution in [2.24, 2.45) is 5.10 Å². The SMILES string of the molecule is CC(C)c1nc2ccc(Br)cc2c(=O)n1N=Cc1cc(Cl)cc(Br)c1OCC(=O)Nc1ccccc1F. The van der Waals surface area contributed by atoms with Crippen LogP contribution in [-0.2, 0) is 4.79 Å². The van der Waals surface area contributed by atoms with Gasteiger partial charge in [-0.25, -0.2) is 9.37 Å². The van der Waals surface area contributed by atoms with E-state index in [2.05, 4.69) is 47.3 Å². The zero-order chi connectivity index (χ0) is 26.7. The first kappa shape index (κ1) is 27.0. The summed E-state index contributed by atoms with van der Waals surface area (Å²) in [7, 11) is 0. The Morgan fingerprint density at radius 3 is 2.70 bits per heavy atom. The molecule has 0 saturated heterocycles. The number of aromatic nitrogens is 2. The number of benzene rings is 3. The zero-order valence-corrected chi connectivity index (χ0v) is 23.6. The smallest absolute Gasteiger partial charge is 0.282 e. The van der Waals surface area contributed by atoms with E-state index in [0.29, 0.717) is 31.8 Å². The van der Waals surface area contributed by atoms with E-state index in [1.54, 1.807) is 30.3 Å². The molecule has 37 heavy (non-hydrogen) atoms. The van der Waals surface area contributed by atoms with Gasteiger partial charge in [0, 0.05) is 21.0 Å². The number of carbonyl (C=O) groups is 1. The summed E-state index contributed by atoms with van der Waals surface area (Å²) in [4.78, 5) is 30.3. The van der Waals surface area contributed by atoms with Gasteiger partial charge in [0.05, 0.1) is 27.3 Å². The third-order valence-electron chi connectivity index (χ3n) is 5.19. The number of rotatable bonds is 7. The van der Waals surface area contributed by atoms with Crippen molar-refractivity contribution in [1.82, 2.24) is 9.66 Å². The summed E-state index contributed by atoms with van der Waals surface area (Å²) < 4.78 is 22.1. The van der Waals surface area contributed by atoms with Crippen LogP contribution in [0.4, 0.5) is 10.1 Å². The van der Waals surface area contributed by atoms with Crippen molar-refractivity contribution in [3.63, 3.8) is 0 Å². The molecule has 0 atom stereocenters. The van der Waals surface area contributed by atoms with Crippen LogP contribution in [0.5, 0.6) is 5.75 Å². The lowest BCUT2D eigenvalue weighted by Crippen LogP contribution is -2.23. The van der Waals surface area contributed by atoms with Crippen LogP contribution in [0.3, 0.4) is 0 Å². The Morgan fingerprint density at radius 2 is 1.97 bits per heavy atom.